The number of aryl methyl sites for hydroxylation is 2. The van der Waals surface area contributed by atoms with E-state index in [1.165, 1.54) is 5.56 Å². The third-order valence-electron chi connectivity index (χ3n) is 4.92. The first-order valence-corrected chi connectivity index (χ1v) is 9.79. The number of carbonyl (C=O) groups is 1. The summed E-state index contributed by atoms with van der Waals surface area (Å²) in [5, 5.41) is 10.5. The van der Waals surface area contributed by atoms with Crippen LogP contribution in [0.3, 0.4) is 0 Å². The zero-order chi connectivity index (χ0) is 21.5. The first kappa shape index (κ1) is 21.1. The number of aromatic nitrogens is 2. The summed E-state index contributed by atoms with van der Waals surface area (Å²) in [5.74, 6) is 0.802. The molecular formula is C23H27N5O2. The summed E-state index contributed by atoms with van der Waals surface area (Å²) >= 11 is 0. The van der Waals surface area contributed by atoms with Crippen LogP contribution in [-0.2, 0) is 13.5 Å². The minimum absolute atomic E-state index is 0.231. The number of hydrogen-bond acceptors (Lipinski definition) is 4. The molecule has 156 valence electrons. The Bertz CT molecular complexity index is 1040. The molecule has 2 aromatic carbocycles. The molecule has 0 unspecified atom stereocenters. The Kier molecular flexibility index (Phi) is 6.85. The van der Waals surface area contributed by atoms with Gasteiger partial charge in [-0.25, -0.2) is 0 Å². The number of hydrogen-bond donors (Lipinski definition) is 2. The number of carbonyl (C=O) groups excluding carboxylic acids is 1. The summed E-state index contributed by atoms with van der Waals surface area (Å²) in [6, 6.07) is 16.6. The number of para-hydroxylation sites is 2. The van der Waals surface area contributed by atoms with E-state index in [-0.39, 0.29) is 5.91 Å². The number of methoxy groups -OCH3 is 1. The fourth-order valence-electron chi connectivity index (χ4n) is 3.21. The van der Waals surface area contributed by atoms with Gasteiger partial charge in [-0.3, -0.25) is 19.8 Å². The SMILES string of the molecule is COc1ccccc1NC(=NCCc1c(C)nn(C)c1C)NC(=O)c1ccccc1. The highest BCUT2D eigenvalue weighted by atomic mass is 16.5. The Morgan fingerprint density at radius 2 is 1.80 bits per heavy atom. The van der Waals surface area contributed by atoms with Crippen LogP contribution < -0.4 is 15.4 Å². The van der Waals surface area contributed by atoms with Crippen LogP contribution in [0.5, 0.6) is 5.75 Å². The van der Waals surface area contributed by atoms with Gasteiger partial charge in [0.2, 0.25) is 5.96 Å². The quantitative estimate of drug-likeness (QED) is 0.486. The minimum Gasteiger partial charge on any atom is -0.495 e. The Hall–Kier alpha value is -3.61. The smallest absolute Gasteiger partial charge is 0.257 e. The molecule has 0 aliphatic heterocycles. The highest BCUT2D eigenvalue weighted by Gasteiger charge is 2.12. The van der Waals surface area contributed by atoms with E-state index in [0.29, 0.717) is 23.8 Å². The van der Waals surface area contributed by atoms with Gasteiger partial charge in [0.1, 0.15) is 5.75 Å². The van der Waals surface area contributed by atoms with E-state index in [9.17, 15) is 4.79 Å². The summed E-state index contributed by atoms with van der Waals surface area (Å²) in [6.45, 7) is 4.54. The predicted molar refractivity (Wildman–Crippen MR) is 119 cm³/mol. The van der Waals surface area contributed by atoms with E-state index >= 15 is 0 Å². The summed E-state index contributed by atoms with van der Waals surface area (Å²) < 4.78 is 7.28. The maximum absolute atomic E-state index is 12.7. The van der Waals surface area contributed by atoms with Crippen LogP contribution in [0.1, 0.15) is 27.3 Å². The van der Waals surface area contributed by atoms with Crippen molar-refractivity contribution < 1.29 is 9.53 Å². The maximum atomic E-state index is 12.7. The van der Waals surface area contributed by atoms with Crippen LogP contribution in [0, 0.1) is 13.8 Å². The number of aliphatic imine (C=N–C) groups is 1. The number of amides is 1. The second kappa shape index (κ2) is 9.73. The average molecular weight is 406 g/mol. The summed E-state index contributed by atoms with van der Waals surface area (Å²) in [5.41, 5.74) is 4.58. The fourth-order valence-corrected chi connectivity index (χ4v) is 3.21. The van der Waals surface area contributed by atoms with Gasteiger partial charge in [-0.2, -0.15) is 5.10 Å². The molecule has 0 spiro atoms. The van der Waals surface area contributed by atoms with Crippen LogP contribution in [0.4, 0.5) is 5.69 Å². The lowest BCUT2D eigenvalue weighted by Gasteiger charge is -2.14. The predicted octanol–water partition coefficient (Wildman–Crippen LogP) is 3.49. The molecule has 0 saturated heterocycles. The molecule has 0 bridgehead atoms. The standard InChI is InChI=1S/C23H27N5O2/c1-16-19(17(2)28(3)27-16)14-15-24-23(25-20-12-8-9-13-21(20)30-4)26-22(29)18-10-6-5-7-11-18/h5-13H,14-15H2,1-4H3,(H2,24,25,26,29). The highest BCUT2D eigenvalue weighted by molar-refractivity contribution is 6.10. The number of benzene rings is 2. The Morgan fingerprint density at radius 1 is 1.10 bits per heavy atom. The number of ether oxygens (including phenoxy) is 1. The van der Waals surface area contributed by atoms with Crippen molar-refractivity contribution in [3.8, 4) is 5.75 Å². The van der Waals surface area contributed by atoms with Gasteiger partial charge >= 0.3 is 0 Å². The summed E-state index contributed by atoms with van der Waals surface area (Å²) in [4.78, 5) is 17.3. The average Bonchev–Trinajstić information content (AvgIpc) is 3.00. The monoisotopic (exact) mass is 405 g/mol. The molecule has 0 saturated carbocycles. The van der Waals surface area contributed by atoms with Crippen molar-refractivity contribution in [3.05, 3.63) is 77.1 Å². The fraction of sp³-hybridized carbons (Fsp3) is 0.261. The Labute approximate surface area is 176 Å². The second-order valence-corrected chi connectivity index (χ2v) is 6.90. The van der Waals surface area contributed by atoms with Crippen LogP contribution in [0.2, 0.25) is 0 Å². The summed E-state index contributed by atoms with van der Waals surface area (Å²) in [7, 11) is 3.54. The molecule has 7 nitrogen and oxygen atoms in total. The third kappa shape index (κ3) is 5.05. The lowest BCUT2D eigenvalue weighted by atomic mass is 10.1. The van der Waals surface area contributed by atoms with E-state index in [0.717, 1.165) is 23.5 Å². The number of anilines is 1. The molecule has 0 atom stereocenters. The lowest BCUT2D eigenvalue weighted by molar-refractivity contribution is 0.0977. The molecule has 3 rings (SSSR count). The topological polar surface area (TPSA) is 80.5 Å². The van der Waals surface area contributed by atoms with Crippen molar-refractivity contribution in [2.75, 3.05) is 19.0 Å². The first-order chi connectivity index (χ1) is 14.5. The highest BCUT2D eigenvalue weighted by Crippen LogP contribution is 2.23. The molecule has 3 aromatic rings. The van der Waals surface area contributed by atoms with Crippen molar-refractivity contribution >= 4 is 17.6 Å². The van der Waals surface area contributed by atoms with Gasteiger partial charge in [-0.15, -0.1) is 0 Å². The number of nitrogens with one attached hydrogen (secondary N) is 2. The number of nitrogens with zero attached hydrogens (tertiary/aromatic N) is 3. The van der Waals surface area contributed by atoms with Crippen molar-refractivity contribution in [1.82, 2.24) is 15.1 Å². The van der Waals surface area contributed by atoms with Crippen LogP contribution in [0.15, 0.2) is 59.6 Å². The zero-order valence-corrected chi connectivity index (χ0v) is 17.8. The molecule has 30 heavy (non-hydrogen) atoms. The largest absolute Gasteiger partial charge is 0.495 e. The molecule has 7 heteroatoms. The lowest BCUT2D eigenvalue weighted by Crippen LogP contribution is -2.36. The van der Waals surface area contributed by atoms with Crippen molar-refractivity contribution in [2.45, 2.75) is 20.3 Å². The van der Waals surface area contributed by atoms with E-state index in [1.54, 1.807) is 19.2 Å². The van der Waals surface area contributed by atoms with Gasteiger partial charge in [0.15, 0.2) is 0 Å². The zero-order valence-electron chi connectivity index (χ0n) is 17.8. The van der Waals surface area contributed by atoms with Gasteiger partial charge in [0.25, 0.3) is 5.91 Å². The van der Waals surface area contributed by atoms with Crippen LogP contribution >= 0.6 is 0 Å². The molecule has 1 aromatic heterocycles. The molecule has 0 aliphatic carbocycles. The maximum Gasteiger partial charge on any atom is 0.257 e. The first-order valence-electron chi connectivity index (χ1n) is 9.79. The molecule has 2 N–H and O–H groups in total. The van der Waals surface area contributed by atoms with Gasteiger partial charge in [-0.1, -0.05) is 30.3 Å². The number of guanidine groups is 1. The van der Waals surface area contributed by atoms with Crippen LogP contribution in [-0.4, -0.2) is 35.3 Å². The molecule has 1 heterocycles. The van der Waals surface area contributed by atoms with Crippen molar-refractivity contribution in [2.24, 2.45) is 12.0 Å². The van der Waals surface area contributed by atoms with Gasteiger partial charge in [-0.05, 0) is 50.1 Å². The van der Waals surface area contributed by atoms with Gasteiger partial charge in [0, 0.05) is 24.8 Å². The Morgan fingerprint density at radius 3 is 2.47 bits per heavy atom. The van der Waals surface area contributed by atoms with E-state index in [4.69, 9.17) is 4.74 Å². The van der Waals surface area contributed by atoms with Crippen molar-refractivity contribution in [3.63, 3.8) is 0 Å². The minimum atomic E-state index is -0.231. The third-order valence-corrected chi connectivity index (χ3v) is 4.92. The van der Waals surface area contributed by atoms with Gasteiger partial charge in [0.05, 0.1) is 18.5 Å². The molecular weight excluding hydrogens is 378 g/mol. The van der Waals surface area contributed by atoms with E-state index < -0.39 is 0 Å². The van der Waals surface area contributed by atoms with Crippen LogP contribution in [0.25, 0.3) is 0 Å². The molecule has 0 aliphatic rings. The molecule has 1 amide bonds. The summed E-state index contributed by atoms with van der Waals surface area (Å²) in [6.07, 6.45) is 0.726. The van der Waals surface area contributed by atoms with E-state index in [1.807, 2.05) is 68.0 Å². The molecule has 0 radical (unpaired) electrons. The second-order valence-electron chi connectivity index (χ2n) is 6.90. The van der Waals surface area contributed by atoms with Gasteiger partial charge < -0.3 is 10.1 Å². The van der Waals surface area contributed by atoms with E-state index in [2.05, 4.69) is 20.7 Å². The van der Waals surface area contributed by atoms with Crippen molar-refractivity contribution in [1.29, 1.82) is 0 Å². The number of rotatable bonds is 6. The molecule has 0 fully saturated rings. The Balaban J connectivity index is 1.80. The normalized spacial score (nSPS) is 11.3.